The number of rotatable bonds is 7. The first-order valence-electron chi connectivity index (χ1n) is 10.6. The first kappa shape index (κ1) is 20.8. The number of nitrogens with one attached hydrogen (secondary N) is 1. The second kappa shape index (κ2) is 10.1. The van der Waals surface area contributed by atoms with Gasteiger partial charge in [-0.2, -0.15) is 0 Å². The molecule has 3 aromatic rings. The van der Waals surface area contributed by atoms with Crippen LogP contribution < -0.4 is 5.32 Å². The van der Waals surface area contributed by atoms with Crippen LogP contribution in [0.3, 0.4) is 0 Å². The maximum atomic E-state index is 12.5. The van der Waals surface area contributed by atoms with Gasteiger partial charge in [-0.1, -0.05) is 64.5 Å². The minimum atomic E-state index is -0.0250. The summed E-state index contributed by atoms with van der Waals surface area (Å²) in [5, 5.41) is 3.03. The van der Waals surface area contributed by atoms with Crippen molar-refractivity contribution in [3.8, 4) is 11.1 Å². The quantitative estimate of drug-likeness (QED) is 0.489. The van der Waals surface area contributed by atoms with Crippen molar-refractivity contribution >= 4 is 21.8 Å². The molecule has 1 N–H and O–H groups in total. The molecule has 0 unspecified atom stereocenters. The Morgan fingerprint density at radius 3 is 2.00 bits per heavy atom. The Hall–Kier alpha value is -2.43. The van der Waals surface area contributed by atoms with E-state index in [4.69, 9.17) is 0 Å². The van der Waals surface area contributed by atoms with Crippen LogP contribution in [0.4, 0.5) is 0 Å². The number of halogens is 1. The Morgan fingerprint density at radius 1 is 0.800 bits per heavy atom. The maximum Gasteiger partial charge on any atom is 0.251 e. The standard InChI is InChI=1S/C26H27BrN2O/c27-25-13-11-23(12-14-25)22-7-9-24(10-8-22)26(30)28-16-15-20-3-5-21(6-4-20)19-29-17-1-2-18-29/h3-14H,1-2,15-19H2,(H,28,30). The van der Waals surface area contributed by atoms with Crippen molar-refractivity contribution in [3.63, 3.8) is 0 Å². The first-order chi connectivity index (χ1) is 14.7. The third-order valence-electron chi connectivity index (χ3n) is 5.65. The summed E-state index contributed by atoms with van der Waals surface area (Å²) in [5.41, 5.74) is 5.56. The molecule has 1 aliphatic heterocycles. The fourth-order valence-corrected chi connectivity index (χ4v) is 4.15. The smallest absolute Gasteiger partial charge is 0.251 e. The number of hydrogen-bond donors (Lipinski definition) is 1. The molecule has 3 nitrogen and oxygen atoms in total. The molecule has 3 aromatic carbocycles. The molecule has 1 fully saturated rings. The van der Waals surface area contributed by atoms with Gasteiger partial charge in [-0.05, 0) is 78.9 Å². The number of amides is 1. The fraction of sp³-hybridized carbons (Fsp3) is 0.269. The van der Waals surface area contributed by atoms with Gasteiger partial charge in [-0.3, -0.25) is 9.69 Å². The molecule has 0 atom stereocenters. The summed E-state index contributed by atoms with van der Waals surface area (Å²) in [6, 6.07) is 24.8. The normalized spacial score (nSPS) is 14.0. The Kier molecular flexibility index (Phi) is 6.98. The molecule has 1 heterocycles. The largest absolute Gasteiger partial charge is 0.352 e. The minimum Gasteiger partial charge on any atom is -0.352 e. The van der Waals surface area contributed by atoms with Gasteiger partial charge >= 0.3 is 0 Å². The zero-order chi connectivity index (χ0) is 20.8. The maximum absolute atomic E-state index is 12.5. The minimum absolute atomic E-state index is 0.0250. The van der Waals surface area contributed by atoms with Crippen LogP contribution in [0.2, 0.25) is 0 Å². The molecular weight excluding hydrogens is 436 g/mol. The molecule has 1 aliphatic rings. The van der Waals surface area contributed by atoms with Gasteiger partial charge in [0.05, 0.1) is 0 Å². The summed E-state index contributed by atoms with van der Waals surface area (Å²) in [5.74, 6) is -0.0250. The predicted molar refractivity (Wildman–Crippen MR) is 127 cm³/mol. The summed E-state index contributed by atoms with van der Waals surface area (Å²) in [7, 11) is 0. The second-order valence-corrected chi connectivity index (χ2v) is 8.81. The van der Waals surface area contributed by atoms with E-state index in [-0.39, 0.29) is 5.91 Å². The van der Waals surface area contributed by atoms with Crippen LogP contribution in [0.5, 0.6) is 0 Å². The van der Waals surface area contributed by atoms with E-state index in [1.165, 1.54) is 37.1 Å². The van der Waals surface area contributed by atoms with Crippen LogP contribution in [0, 0.1) is 0 Å². The summed E-state index contributed by atoms with van der Waals surface area (Å²) in [6.07, 6.45) is 3.49. The van der Waals surface area contributed by atoms with Crippen molar-refractivity contribution in [1.29, 1.82) is 0 Å². The van der Waals surface area contributed by atoms with E-state index < -0.39 is 0 Å². The number of nitrogens with zero attached hydrogens (tertiary/aromatic N) is 1. The molecule has 30 heavy (non-hydrogen) atoms. The Labute approximate surface area is 187 Å². The van der Waals surface area contributed by atoms with Gasteiger partial charge in [0.2, 0.25) is 0 Å². The SMILES string of the molecule is O=C(NCCc1ccc(CN2CCCC2)cc1)c1ccc(-c2ccc(Br)cc2)cc1. The van der Waals surface area contributed by atoms with Crippen LogP contribution in [-0.4, -0.2) is 30.4 Å². The molecule has 4 rings (SSSR count). The van der Waals surface area contributed by atoms with Crippen molar-refractivity contribution in [2.45, 2.75) is 25.8 Å². The number of likely N-dealkylation sites (tertiary alicyclic amines) is 1. The number of carbonyl (C=O) groups is 1. The van der Waals surface area contributed by atoms with E-state index in [0.29, 0.717) is 12.1 Å². The molecule has 154 valence electrons. The van der Waals surface area contributed by atoms with E-state index in [2.05, 4.69) is 62.5 Å². The summed E-state index contributed by atoms with van der Waals surface area (Å²) < 4.78 is 1.06. The Morgan fingerprint density at radius 2 is 1.37 bits per heavy atom. The van der Waals surface area contributed by atoms with Crippen LogP contribution in [0.25, 0.3) is 11.1 Å². The molecule has 0 spiro atoms. The van der Waals surface area contributed by atoms with Crippen molar-refractivity contribution in [1.82, 2.24) is 10.2 Å². The van der Waals surface area contributed by atoms with Crippen molar-refractivity contribution < 1.29 is 4.79 Å². The monoisotopic (exact) mass is 462 g/mol. The van der Waals surface area contributed by atoms with E-state index in [0.717, 1.165) is 28.6 Å². The van der Waals surface area contributed by atoms with Gasteiger partial charge in [0, 0.05) is 23.1 Å². The van der Waals surface area contributed by atoms with Crippen molar-refractivity contribution in [2.24, 2.45) is 0 Å². The van der Waals surface area contributed by atoms with E-state index in [1.54, 1.807) is 0 Å². The zero-order valence-corrected chi connectivity index (χ0v) is 18.7. The zero-order valence-electron chi connectivity index (χ0n) is 17.1. The highest BCUT2D eigenvalue weighted by atomic mass is 79.9. The molecule has 0 saturated carbocycles. The average Bonchev–Trinajstić information content (AvgIpc) is 3.29. The lowest BCUT2D eigenvalue weighted by Crippen LogP contribution is -2.25. The summed E-state index contributed by atoms with van der Waals surface area (Å²) >= 11 is 3.46. The first-order valence-corrected chi connectivity index (χ1v) is 11.4. The third kappa shape index (κ3) is 5.59. The van der Waals surface area contributed by atoms with E-state index >= 15 is 0 Å². The number of carbonyl (C=O) groups excluding carboxylic acids is 1. The number of hydrogen-bond acceptors (Lipinski definition) is 2. The lowest BCUT2D eigenvalue weighted by atomic mass is 10.0. The highest BCUT2D eigenvalue weighted by molar-refractivity contribution is 9.10. The lowest BCUT2D eigenvalue weighted by Gasteiger charge is -2.14. The van der Waals surface area contributed by atoms with Gasteiger partial charge in [0.15, 0.2) is 0 Å². The average molecular weight is 463 g/mol. The van der Waals surface area contributed by atoms with Gasteiger partial charge in [-0.25, -0.2) is 0 Å². The molecule has 4 heteroatoms. The Balaban J connectivity index is 1.25. The molecule has 1 saturated heterocycles. The molecule has 0 aromatic heterocycles. The summed E-state index contributed by atoms with van der Waals surface area (Å²) in [6.45, 7) is 4.13. The molecule has 0 aliphatic carbocycles. The summed E-state index contributed by atoms with van der Waals surface area (Å²) in [4.78, 5) is 15.0. The van der Waals surface area contributed by atoms with Gasteiger partial charge < -0.3 is 5.32 Å². The van der Waals surface area contributed by atoms with Gasteiger partial charge in [0.1, 0.15) is 0 Å². The van der Waals surface area contributed by atoms with Crippen molar-refractivity contribution in [3.05, 3.63) is 94.0 Å². The van der Waals surface area contributed by atoms with Crippen LogP contribution in [0.15, 0.2) is 77.3 Å². The van der Waals surface area contributed by atoms with E-state index in [1.807, 2.05) is 36.4 Å². The number of benzene rings is 3. The van der Waals surface area contributed by atoms with Gasteiger partial charge in [-0.15, -0.1) is 0 Å². The van der Waals surface area contributed by atoms with Crippen LogP contribution >= 0.6 is 15.9 Å². The topological polar surface area (TPSA) is 32.3 Å². The second-order valence-electron chi connectivity index (χ2n) is 7.89. The van der Waals surface area contributed by atoms with Crippen LogP contribution in [0.1, 0.15) is 34.3 Å². The molecule has 0 bridgehead atoms. The van der Waals surface area contributed by atoms with Crippen LogP contribution in [-0.2, 0) is 13.0 Å². The van der Waals surface area contributed by atoms with E-state index in [9.17, 15) is 4.79 Å². The highest BCUT2D eigenvalue weighted by Gasteiger charge is 2.11. The Bertz CT molecular complexity index is 959. The van der Waals surface area contributed by atoms with Gasteiger partial charge in [0.25, 0.3) is 5.91 Å². The fourth-order valence-electron chi connectivity index (χ4n) is 3.89. The molecule has 0 radical (unpaired) electrons. The lowest BCUT2D eigenvalue weighted by molar-refractivity contribution is 0.0954. The highest BCUT2D eigenvalue weighted by Crippen LogP contribution is 2.22. The van der Waals surface area contributed by atoms with Crippen molar-refractivity contribution in [2.75, 3.05) is 19.6 Å². The predicted octanol–water partition coefficient (Wildman–Crippen LogP) is 5.68. The molecular formula is C26H27BrN2O. The molecule has 1 amide bonds. The third-order valence-corrected chi connectivity index (χ3v) is 6.18.